The van der Waals surface area contributed by atoms with Crippen LogP contribution in [0.5, 0.6) is 0 Å². The summed E-state index contributed by atoms with van der Waals surface area (Å²) in [6.07, 6.45) is 2.09. The highest BCUT2D eigenvalue weighted by molar-refractivity contribution is 9.10. The molecule has 2 amide bonds. The average molecular weight is 430 g/mol. The summed E-state index contributed by atoms with van der Waals surface area (Å²) in [5.74, 6) is 0.550. The highest BCUT2D eigenvalue weighted by Gasteiger charge is 2.21. The maximum atomic E-state index is 12.7. The van der Waals surface area contributed by atoms with Crippen molar-refractivity contribution in [3.05, 3.63) is 58.6 Å². The van der Waals surface area contributed by atoms with E-state index in [4.69, 9.17) is 0 Å². The fourth-order valence-electron chi connectivity index (χ4n) is 3.11. The van der Waals surface area contributed by atoms with Crippen molar-refractivity contribution in [3.63, 3.8) is 0 Å². The Hall–Kier alpha value is -2.34. The molecule has 27 heavy (non-hydrogen) atoms. The SMILES string of the molecule is CC1CCN(C(=O)c2cccc(NC(=O)CNc3cccc(Br)c3)c2)CC1. The van der Waals surface area contributed by atoms with Gasteiger partial charge in [0, 0.05) is 34.5 Å². The Balaban J connectivity index is 1.56. The molecule has 142 valence electrons. The van der Waals surface area contributed by atoms with Gasteiger partial charge in [-0.15, -0.1) is 0 Å². The standard InChI is InChI=1S/C21H24BrN3O2/c1-15-8-10-25(11-9-15)21(27)16-4-2-7-19(12-16)24-20(26)14-23-18-6-3-5-17(22)13-18/h2-7,12-13,15,23H,8-11,14H2,1H3,(H,24,26). The van der Waals surface area contributed by atoms with E-state index in [-0.39, 0.29) is 18.4 Å². The van der Waals surface area contributed by atoms with E-state index in [2.05, 4.69) is 33.5 Å². The molecule has 2 N–H and O–H groups in total. The molecule has 1 fully saturated rings. The van der Waals surface area contributed by atoms with Gasteiger partial charge in [0.2, 0.25) is 5.91 Å². The lowest BCUT2D eigenvalue weighted by molar-refractivity contribution is -0.114. The Kier molecular flexibility index (Phi) is 6.50. The predicted molar refractivity (Wildman–Crippen MR) is 112 cm³/mol. The van der Waals surface area contributed by atoms with Crippen LogP contribution in [0, 0.1) is 5.92 Å². The van der Waals surface area contributed by atoms with Crippen molar-refractivity contribution in [2.45, 2.75) is 19.8 Å². The summed E-state index contributed by atoms with van der Waals surface area (Å²) in [5, 5.41) is 5.93. The third-order valence-corrected chi connectivity index (χ3v) is 5.24. The second-order valence-corrected chi connectivity index (χ2v) is 7.88. The van der Waals surface area contributed by atoms with Gasteiger partial charge in [-0.05, 0) is 55.2 Å². The molecule has 6 heteroatoms. The summed E-state index contributed by atoms with van der Waals surface area (Å²) in [6, 6.07) is 14.8. The smallest absolute Gasteiger partial charge is 0.253 e. The van der Waals surface area contributed by atoms with Crippen molar-refractivity contribution in [3.8, 4) is 0 Å². The highest BCUT2D eigenvalue weighted by Crippen LogP contribution is 2.20. The van der Waals surface area contributed by atoms with Crippen molar-refractivity contribution in [1.29, 1.82) is 0 Å². The van der Waals surface area contributed by atoms with Crippen molar-refractivity contribution in [1.82, 2.24) is 4.90 Å². The van der Waals surface area contributed by atoms with Crippen LogP contribution in [0.15, 0.2) is 53.0 Å². The fraction of sp³-hybridized carbons (Fsp3) is 0.333. The van der Waals surface area contributed by atoms with Crippen molar-refractivity contribution in [2.75, 3.05) is 30.3 Å². The zero-order valence-electron chi connectivity index (χ0n) is 15.4. The van der Waals surface area contributed by atoms with E-state index in [0.29, 0.717) is 17.2 Å². The third kappa shape index (κ3) is 5.57. The second-order valence-electron chi connectivity index (χ2n) is 6.97. The molecule has 0 bridgehead atoms. The largest absolute Gasteiger partial charge is 0.376 e. The number of carbonyl (C=O) groups excluding carboxylic acids is 2. The summed E-state index contributed by atoms with van der Waals surface area (Å²) in [4.78, 5) is 26.8. The molecule has 0 unspecified atom stereocenters. The van der Waals surface area contributed by atoms with Crippen LogP contribution >= 0.6 is 15.9 Å². The van der Waals surface area contributed by atoms with Crippen LogP contribution in [0.25, 0.3) is 0 Å². The Morgan fingerprint density at radius 3 is 2.52 bits per heavy atom. The molecule has 0 spiro atoms. The maximum Gasteiger partial charge on any atom is 0.253 e. The lowest BCUT2D eigenvalue weighted by atomic mass is 9.98. The normalized spacial score (nSPS) is 14.7. The number of nitrogens with zero attached hydrogens (tertiary/aromatic N) is 1. The number of benzene rings is 2. The number of rotatable bonds is 5. The molecule has 1 aliphatic heterocycles. The summed E-state index contributed by atoms with van der Waals surface area (Å²) in [7, 11) is 0. The molecule has 0 radical (unpaired) electrons. The minimum Gasteiger partial charge on any atom is -0.376 e. The molecule has 0 saturated carbocycles. The monoisotopic (exact) mass is 429 g/mol. The summed E-state index contributed by atoms with van der Waals surface area (Å²) >= 11 is 3.40. The van der Waals surface area contributed by atoms with Gasteiger partial charge in [0.1, 0.15) is 0 Å². The maximum absolute atomic E-state index is 12.7. The molecule has 0 atom stereocenters. The average Bonchev–Trinajstić information content (AvgIpc) is 2.67. The van der Waals surface area contributed by atoms with Gasteiger partial charge in [-0.2, -0.15) is 0 Å². The van der Waals surface area contributed by atoms with Crippen LogP contribution in [0.1, 0.15) is 30.1 Å². The quantitative estimate of drug-likeness (QED) is 0.741. The van der Waals surface area contributed by atoms with E-state index in [1.54, 1.807) is 24.3 Å². The molecule has 2 aromatic rings. The fourth-order valence-corrected chi connectivity index (χ4v) is 3.51. The minimum absolute atomic E-state index is 0.0326. The summed E-state index contributed by atoms with van der Waals surface area (Å²) < 4.78 is 0.950. The molecule has 2 aromatic carbocycles. The second kappa shape index (κ2) is 9.04. The number of carbonyl (C=O) groups is 2. The van der Waals surface area contributed by atoms with Gasteiger partial charge >= 0.3 is 0 Å². The molecule has 0 aliphatic carbocycles. The van der Waals surface area contributed by atoms with Crippen LogP contribution in [0.3, 0.4) is 0 Å². The topological polar surface area (TPSA) is 61.4 Å². The van der Waals surface area contributed by atoms with Gasteiger partial charge in [0.15, 0.2) is 0 Å². The molecule has 1 saturated heterocycles. The molecule has 3 rings (SSSR count). The number of likely N-dealkylation sites (tertiary alicyclic amines) is 1. The van der Waals surface area contributed by atoms with Crippen molar-refractivity contribution in [2.24, 2.45) is 5.92 Å². The van der Waals surface area contributed by atoms with Crippen LogP contribution in [-0.4, -0.2) is 36.3 Å². The number of piperidine rings is 1. The van der Waals surface area contributed by atoms with Crippen molar-refractivity contribution < 1.29 is 9.59 Å². The molecule has 5 nitrogen and oxygen atoms in total. The first kappa shape index (κ1) is 19.4. The van der Waals surface area contributed by atoms with Gasteiger partial charge in [0.05, 0.1) is 6.54 Å². The van der Waals surface area contributed by atoms with Gasteiger partial charge in [-0.25, -0.2) is 0 Å². The van der Waals surface area contributed by atoms with E-state index < -0.39 is 0 Å². The molecular formula is C21H24BrN3O2. The molecule has 0 aromatic heterocycles. The Morgan fingerprint density at radius 1 is 1.07 bits per heavy atom. The van der Waals surface area contributed by atoms with E-state index in [1.807, 2.05) is 29.2 Å². The van der Waals surface area contributed by atoms with Crippen molar-refractivity contribution >= 4 is 39.1 Å². The molecular weight excluding hydrogens is 406 g/mol. The lowest BCUT2D eigenvalue weighted by Crippen LogP contribution is -2.37. The summed E-state index contributed by atoms with van der Waals surface area (Å²) in [6.45, 7) is 3.97. The zero-order valence-corrected chi connectivity index (χ0v) is 17.0. The lowest BCUT2D eigenvalue weighted by Gasteiger charge is -2.30. The van der Waals surface area contributed by atoms with Crippen LogP contribution in [0.2, 0.25) is 0 Å². The van der Waals surface area contributed by atoms with Gasteiger partial charge in [-0.1, -0.05) is 35.0 Å². The van der Waals surface area contributed by atoms with Crippen LogP contribution in [-0.2, 0) is 4.79 Å². The number of hydrogen-bond donors (Lipinski definition) is 2. The van der Waals surface area contributed by atoms with Crippen LogP contribution < -0.4 is 10.6 Å². The number of halogens is 1. The predicted octanol–water partition coefficient (Wildman–Crippen LogP) is 4.37. The van der Waals surface area contributed by atoms with Crippen LogP contribution in [0.4, 0.5) is 11.4 Å². The zero-order chi connectivity index (χ0) is 19.2. The third-order valence-electron chi connectivity index (χ3n) is 4.74. The van der Waals surface area contributed by atoms with E-state index in [1.165, 1.54) is 0 Å². The van der Waals surface area contributed by atoms with E-state index in [9.17, 15) is 9.59 Å². The van der Waals surface area contributed by atoms with E-state index >= 15 is 0 Å². The number of nitrogens with one attached hydrogen (secondary N) is 2. The Morgan fingerprint density at radius 2 is 1.78 bits per heavy atom. The Bertz CT molecular complexity index is 817. The van der Waals surface area contributed by atoms with Gasteiger partial charge < -0.3 is 15.5 Å². The first-order valence-electron chi connectivity index (χ1n) is 9.20. The first-order valence-corrected chi connectivity index (χ1v) is 9.99. The first-order chi connectivity index (χ1) is 13.0. The highest BCUT2D eigenvalue weighted by atomic mass is 79.9. The number of anilines is 2. The van der Waals surface area contributed by atoms with Gasteiger partial charge in [0.25, 0.3) is 5.91 Å². The Labute approximate surface area is 168 Å². The van der Waals surface area contributed by atoms with Gasteiger partial charge in [-0.3, -0.25) is 9.59 Å². The van der Waals surface area contributed by atoms with E-state index in [0.717, 1.165) is 36.1 Å². The number of amides is 2. The minimum atomic E-state index is -0.161. The number of hydrogen-bond acceptors (Lipinski definition) is 3. The molecule has 1 heterocycles. The summed E-state index contributed by atoms with van der Waals surface area (Å²) in [5.41, 5.74) is 2.11. The molecule has 1 aliphatic rings.